The van der Waals surface area contributed by atoms with Crippen molar-refractivity contribution in [1.29, 1.82) is 0 Å². The van der Waals surface area contributed by atoms with Gasteiger partial charge in [0.05, 0.1) is 11.1 Å². The van der Waals surface area contributed by atoms with Crippen LogP contribution in [0, 0.1) is 0 Å². The molecule has 0 spiro atoms. The van der Waals surface area contributed by atoms with Crippen molar-refractivity contribution in [2.45, 2.75) is 24.9 Å². The second-order valence-electron chi connectivity index (χ2n) is 3.71. The average molecular weight is 309 g/mol. The van der Waals surface area contributed by atoms with Crippen molar-refractivity contribution < 1.29 is 14.2 Å². The van der Waals surface area contributed by atoms with E-state index in [-0.39, 0.29) is 10.9 Å². The molecule has 0 aliphatic carbocycles. The number of nitrogens with one attached hydrogen (secondary N) is 1. The lowest BCUT2D eigenvalue weighted by Gasteiger charge is -2.14. The van der Waals surface area contributed by atoms with Crippen LogP contribution in [-0.4, -0.2) is 33.5 Å². The first-order valence-corrected chi connectivity index (χ1v) is 5.73. The first-order valence-electron chi connectivity index (χ1n) is 4.94. The van der Waals surface area contributed by atoms with Gasteiger partial charge in [-0.1, -0.05) is 0 Å². The highest BCUT2D eigenvalue weighted by Crippen LogP contribution is 2.29. The van der Waals surface area contributed by atoms with E-state index in [4.69, 9.17) is 9.84 Å². The SMILES string of the molecule is O=c1[nH]c(=O)n([C@@H]2C[C@@H](F)[C@H](CO)O2)cc1Br. The summed E-state index contributed by atoms with van der Waals surface area (Å²) in [5.74, 6) is 0. The van der Waals surface area contributed by atoms with E-state index in [2.05, 4.69) is 20.9 Å². The molecule has 94 valence electrons. The highest BCUT2D eigenvalue weighted by atomic mass is 79.9. The summed E-state index contributed by atoms with van der Waals surface area (Å²) in [6.45, 7) is -0.447. The van der Waals surface area contributed by atoms with Crippen molar-refractivity contribution in [1.82, 2.24) is 9.55 Å². The second kappa shape index (κ2) is 4.71. The van der Waals surface area contributed by atoms with Gasteiger partial charge in [-0.15, -0.1) is 0 Å². The van der Waals surface area contributed by atoms with E-state index >= 15 is 0 Å². The summed E-state index contributed by atoms with van der Waals surface area (Å²) >= 11 is 2.97. The predicted molar refractivity (Wildman–Crippen MR) is 59.5 cm³/mol. The van der Waals surface area contributed by atoms with E-state index in [1.807, 2.05) is 0 Å². The molecule has 1 aromatic heterocycles. The zero-order chi connectivity index (χ0) is 12.6. The van der Waals surface area contributed by atoms with Crippen molar-refractivity contribution in [2.75, 3.05) is 6.61 Å². The molecule has 2 N–H and O–H groups in total. The summed E-state index contributed by atoms with van der Waals surface area (Å²) in [7, 11) is 0. The van der Waals surface area contributed by atoms with Crippen molar-refractivity contribution in [2.24, 2.45) is 0 Å². The van der Waals surface area contributed by atoms with E-state index in [9.17, 15) is 14.0 Å². The van der Waals surface area contributed by atoms with Gasteiger partial charge in [0.1, 0.15) is 18.5 Å². The van der Waals surface area contributed by atoms with E-state index < -0.39 is 36.4 Å². The molecule has 1 aliphatic rings. The van der Waals surface area contributed by atoms with E-state index in [1.165, 1.54) is 6.20 Å². The minimum absolute atomic E-state index is 0.0381. The molecule has 17 heavy (non-hydrogen) atoms. The zero-order valence-corrected chi connectivity index (χ0v) is 10.2. The Hall–Kier alpha value is -0.990. The number of aromatic amines is 1. The maximum absolute atomic E-state index is 13.4. The number of H-pyrrole nitrogens is 1. The van der Waals surface area contributed by atoms with Crippen LogP contribution in [0.25, 0.3) is 0 Å². The van der Waals surface area contributed by atoms with E-state index in [0.29, 0.717) is 0 Å². The van der Waals surface area contributed by atoms with Crippen molar-refractivity contribution in [3.63, 3.8) is 0 Å². The minimum Gasteiger partial charge on any atom is -0.394 e. The standard InChI is InChI=1S/C9H10BrFN2O4/c10-4-2-13(9(16)12-8(4)15)7-1-5(11)6(3-14)17-7/h2,5-7,14H,1,3H2,(H,12,15,16)/t5-,6+,7+/m1/s1. The summed E-state index contributed by atoms with van der Waals surface area (Å²) in [5, 5.41) is 8.85. The molecular weight excluding hydrogens is 299 g/mol. The topological polar surface area (TPSA) is 84.3 Å². The summed E-state index contributed by atoms with van der Waals surface area (Å²) in [5.41, 5.74) is -1.23. The Balaban J connectivity index is 2.34. The molecule has 0 amide bonds. The number of alkyl halides is 1. The van der Waals surface area contributed by atoms with Gasteiger partial charge >= 0.3 is 5.69 Å². The molecule has 1 aromatic rings. The van der Waals surface area contributed by atoms with Crippen LogP contribution >= 0.6 is 15.9 Å². The van der Waals surface area contributed by atoms with Crippen LogP contribution in [0.2, 0.25) is 0 Å². The number of hydrogen-bond donors (Lipinski definition) is 2. The molecule has 0 radical (unpaired) electrons. The smallest absolute Gasteiger partial charge is 0.330 e. The van der Waals surface area contributed by atoms with Gasteiger partial charge in [-0.3, -0.25) is 14.3 Å². The number of aromatic nitrogens is 2. The molecule has 1 saturated heterocycles. The predicted octanol–water partition coefficient (Wildman–Crippen LogP) is -0.0830. The molecule has 3 atom stereocenters. The van der Waals surface area contributed by atoms with Crippen LogP contribution in [0.3, 0.4) is 0 Å². The molecule has 0 unspecified atom stereocenters. The zero-order valence-electron chi connectivity index (χ0n) is 8.60. The van der Waals surface area contributed by atoms with Crippen LogP contribution in [0.1, 0.15) is 12.6 Å². The highest BCUT2D eigenvalue weighted by molar-refractivity contribution is 9.10. The first kappa shape index (κ1) is 12.5. The Morgan fingerprint density at radius 3 is 2.94 bits per heavy atom. The summed E-state index contributed by atoms with van der Waals surface area (Å²) < 4.78 is 19.8. The molecule has 2 rings (SSSR count). The molecule has 0 saturated carbocycles. The largest absolute Gasteiger partial charge is 0.394 e. The Labute approximate surface area is 103 Å². The molecule has 0 aromatic carbocycles. The van der Waals surface area contributed by atoms with Gasteiger partial charge in [-0.25, -0.2) is 9.18 Å². The summed E-state index contributed by atoms with van der Waals surface area (Å²) in [6, 6.07) is 0. The van der Waals surface area contributed by atoms with Gasteiger partial charge in [0.25, 0.3) is 5.56 Å². The summed E-state index contributed by atoms with van der Waals surface area (Å²) in [4.78, 5) is 24.7. The Morgan fingerprint density at radius 2 is 2.35 bits per heavy atom. The first-order chi connectivity index (χ1) is 8.02. The van der Waals surface area contributed by atoms with Crippen LogP contribution in [-0.2, 0) is 4.74 Å². The molecule has 1 fully saturated rings. The lowest BCUT2D eigenvalue weighted by molar-refractivity contribution is -0.0356. The number of halogens is 2. The average Bonchev–Trinajstić information content (AvgIpc) is 2.65. The van der Waals surface area contributed by atoms with Crippen LogP contribution in [0.5, 0.6) is 0 Å². The molecule has 0 bridgehead atoms. The third-order valence-corrected chi connectivity index (χ3v) is 3.14. The normalized spacial score (nSPS) is 28.5. The monoisotopic (exact) mass is 308 g/mol. The van der Waals surface area contributed by atoms with Crippen molar-refractivity contribution >= 4 is 15.9 Å². The Bertz CT molecular complexity index is 528. The van der Waals surface area contributed by atoms with Crippen molar-refractivity contribution in [3.8, 4) is 0 Å². The molecule has 6 nitrogen and oxygen atoms in total. The maximum Gasteiger partial charge on any atom is 0.330 e. The van der Waals surface area contributed by atoms with Gasteiger partial charge in [0.15, 0.2) is 0 Å². The Morgan fingerprint density at radius 1 is 1.65 bits per heavy atom. The highest BCUT2D eigenvalue weighted by Gasteiger charge is 2.36. The van der Waals surface area contributed by atoms with Gasteiger partial charge < -0.3 is 9.84 Å². The third-order valence-electron chi connectivity index (χ3n) is 2.58. The lowest BCUT2D eigenvalue weighted by atomic mass is 10.2. The third kappa shape index (κ3) is 2.33. The number of aliphatic hydroxyl groups excluding tert-OH is 1. The molecule has 8 heteroatoms. The fourth-order valence-electron chi connectivity index (χ4n) is 1.70. The number of nitrogens with zero attached hydrogens (tertiary/aromatic N) is 1. The molecular formula is C9H10BrFN2O4. The number of aliphatic hydroxyl groups is 1. The Kier molecular flexibility index (Phi) is 3.45. The van der Waals surface area contributed by atoms with Crippen molar-refractivity contribution in [3.05, 3.63) is 31.5 Å². The van der Waals surface area contributed by atoms with Gasteiger partial charge in [0, 0.05) is 12.6 Å². The quantitative estimate of drug-likeness (QED) is 0.800. The fourth-order valence-corrected chi connectivity index (χ4v) is 2.02. The second-order valence-corrected chi connectivity index (χ2v) is 4.56. The van der Waals surface area contributed by atoms with E-state index in [1.54, 1.807) is 0 Å². The maximum atomic E-state index is 13.4. The number of rotatable bonds is 2. The lowest BCUT2D eigenvalue weighted by Crippen LogP contribution is -2.32. The molecule has 2 heterocycles. The fraction of sp³-hybridized carbons (Fsp3) is 0.556. The van der Waals surface area contributed by atoms with Crippen LogP contribution in [0.15, 0.2) is 20.3 Å². The number of ether oxygens (including phenoxy) is 1. The number of hydrogen-bond acceptors (Lipinski definition) is 4. The van der Waals surface area contributed by atoms with Crippen LogP contribution in [0.4, 0.5) is 4.39 Å². The summed E-state index contributed by atoms with van der Waals surface area (Å²) in [6.07, 6.45) is -1.87. The van der Waals surface area contributed by atoms with E-state index in [0.717, 1.165) is 4.57 Å². The van der Waals surface area contributed by atoms with Gasteiger partial charge in [0.2, 0.25) is 0 Å². The van der Waals surface area contributed by atoms with Gasteiger partial charge in [-0.2, -0.15) is 0 Å². The molecule has 1 aliphatic heterocycles. The van der Waals surface area contributed by atoms with Gasteiger partial charge in [-0.05, 0) is 15.9 Å². The minimum atomic E-state index is -1.33. The van der Waals surface area contributed by atoms with Crippen LogP contribution < -0.4 is 11.2 Å².